The van der Waals surface area contributed by atoms with Gasteiger partial charge in [-0.1, -0.05) is 5.21 Å². The lowest BCUT2D eigenvalue weighted by Gasteiger charge is -2.05. The number of hydrogen-bond acceptors (Lipinski definition) is 4. The molecule has 17 heavy (non-hydrogen) atoms. The summed E-state index contributed by atoms with van der Waals surface area (Å²) >= 11 is 0. The average Bonchev–Trinajstić information content (AvgIpc) is 2.78. The number of aromatic nitrogens is 3. The smallest absolute Gasteiger partial charge is 0.248 e. The van der Waals surface area contributed by atoms with E-state index in [-0.39, 0.29) is 0 Å². The first-order chi connectivity index (χ1) is 8.22. The van der Waals surface area contributed by atoms with Crippen molar-refractivity contribution in [3.05, 3.63) is 41.7 Å². The normalized spacial score (nSPS) is 10.4. The lowest BCUT2D eigenvalue weighted by molar-refractivity contribution is 0.100. The van der Waals surface area contributed by atoms with Crippen LogP contribution in [0.3, 0.4) is 0 Å². The van der Waals surface area contributed by atoms with Crippen LogP contribution in [-0.4, -0.2) is 27.4 Å². The number of amides is 1. The van der Waals surface area contributed by atoms with E-state index in [0.717, 1.165) is 11.4 Å². The zero-order valence-electron chi connectivity index (χ0n) is 9.21. The maximum atomic E-state index is 10.9. The molecule has 0 spiro atoms. The molecule has 0 saturated heterocycles. The van der Waals surface area contributed by atoms with Crippen molar-refractivity contribution in [3.8, 4) is 5.69 Å². The zero-order chi connectivity index (χ0) is 12.3. The first-order valence-corrected chi connectivity index (χ1v) is 5.22. The summed E-state index contributed by atoms with van der Waals surface area (Å²) in [6.07, 6.45) is 2.37. The molecular formula is C11H13N5O. The fourth-order valence-electron chi connectivity index (χ4n) is 1.56. The Bertz CT molecular complexity index is 517. The average molecular weight is 231 g/mol. The SMILES string of the molecule is NCCc1cnnn1-c1ccc(C(N)=O)cc1. The second-order valence-corrected chi connectivity index (χ2v) is 3.59. The van der Waals surface area contributed by atoms with E-state index in [0.29, 0.717) is 18.5 Å². The molecule has 0 unspecified atom stereocenters. The van der Waals surface area contributed by atoms with Gasteiger partial charge < -0.3 is 11.5 Å². The van der Waals surface area contributed by atoms with Crippen LogP contribution in [0, 0.1) is 0 Å². The summed E-state index contributed by atoms with van der Waals surface area (Å²) < 4.78 is 1.69. The van der Waals surface area contributed by atoms with Gasteiger partial charge in [0.05, 0.1) is 17.6 Å². The summed E-state index contributed by atoms with van der Waals surface area (Å²) in [5, 5.41) is 7.81. The molecule has 2 rings (SSSR count). The summed E-state index contributed by atoms with van der Waals surface area (Å²) in [6, 6.07) is 6.86. The molecule has 2 aromatic rings. The Morgan fingerprint density at radius 3 is 2.59 bits per heavy atom. The molecule has 6 heteroatoms. The van der Waals surface area contributed by atoms with Crippen LogP contribution in [-0.2, 0) is 6.42 Å². The second kappa shape index (κ2) is 4.75. The third-order valence-corrected chi connectivity index (χ3v) is 2.42. The predicted molar refractivity (Wildman–Crippen MR) is 62.6 cm³/mol. The van der Waals surface area contributed by atoms with Crippen LogP contribution in [0.4, 0.5) is 0 Å². The maximum Gasteiger partial charge on any atom is 0.248 e. The monoisotopic (exact) mass is 231 g/mol. The Labute approximate surface area is 98.2 Å². The van der Waals surface area contributed by atoms with Gasteiger partial charge in [-0.3, -0.25) is 4.79 Å². The summed E-state index contributed by atoms with van der Waals surface area (Å²) in [6.45, 7) is 0.534. The molecule has 1 aromatic carbocycles. The lowest BCUT2D eigenvalue weighted by Crippen LogP contribution is -2.11. The van der Waals surface area contributed by atoms with Gasteiger partial charge in [0, 0.05) is 12.0 Å². The molecule has 0 fully saturated rings. The largest absolute Gasteiger partial charge is 0.366 e. The molecule has 0 atom stereocenters. The number of hydrogen-bond donors (Lipinski definition) is 2. The molecule has 0 aliphatic rings. The maximum absolute atomic E-state index is 10.9. The van der Waals surface area contributed by atoms with E-state index in [4.69, 9.17) is 11.5 Å². The van der Waals surface area contributed by atoms with E-state index < -0.39 is 5.91 Å². The number of nitrogens with two attached hydrogens (primary N) is 2. The van der Waals surface area contributed by atoms with Crippen molar-refractivity contribution in [1.29, 1.82) is 0 Å². The summed E-state index contributed by atoms with van der Waals surface area (Å²) in [5.41, 5.74) is 12.9. The van der Waals surface area contributed by atoms with E-state index in [1.54, 1.807) is 35.1 Å². The Morgan fingerprint density at radius 1 is 1.29 bits per heavy atom. The molecular weight excluding hydrogens is 218 g/mol. The van der Waals surface area contributed by atoms with E-state index in [1.807, 2.05) is 0 Å². The van der Waals surface area contributed by atoms with Crippen molar-refractivity contribution in [3.63, 3.8) is 0 Å². The van der Waals surface area contributed by atoms with Crippen LogP contribution in [0.25, 0.3) is 5.69 Å². The van der Waals surface area contributed by atoms with Crippen molar-refractivity contribution in [2.45, 2.75) is 6.42 Å². The van der Waals surface area contributed by atoms with Crippen molar-refractivity contribution < 1.29 is 4.79 Å². The number of carbonyl (C=O) groups is 1. The molecule has 1 amide bonds. The number of nitrogens with zero attached hydrogens (tertiary/aromatic N) is 3. The first-order valence-electron chi connectivity index (χ1n) is 5.22. The standard InChI is InChI=1S/C11H13N5O/c12-6-5-10-7-14-15-16(10)9-3-1-8(2-4-9)11(13)17/h1-4,7H,5-6,12H2,(H2,13,17). The second-order valence-electron chi connectivity index (χ2n) is 3.59. The first kappa shape index (κ1) is 11.3. The van der Waals surface area contributed by atoms with Gasteiger partial charge in [-0.2, -0.15) is 0 Å². The number of rotatable bonds is 4. The van der Waals surface area contributed by atoms with Crippen molar-refractivity contribution in [2.24, 2.45) is 11.5 Å². The van der Waals surface area contributed by atoms with Gasteiger partial charge in [0.25, 0.3) is 0 Å². The summed E-state index contributed by atoms with van der Waals surface area (Å²) in [7, 11) is 0. The quantitative estimate of drug-likeness (QED) is 0.765. The van der Waals surface area contributed by atoms with Crippen LogP contribution < -0.4 is 11.5 Å². The van der Waals surface area contributed by atoms with Crippen LogP contribution in [0.5, 0.6) is 0 Å². The van der Waals surface area contributed by atoms with Crippen molar-refractivity contribution in [1.82, 2.24) is 15.0 Å². The summed E-state index contributed by atoms with van der Waals surface area (Å²) in [5.74, 6) is -0.447. The van der Waals surface area contributed by atoms with Gasteiger partial charge in [0.2, 0.25) is 5.91 Å². The molecule has 0 radical (unpaired) electrons. The third-order valence-electron chi connectivity index (χ3n) is 2.42. The molecule has 0 saturated carbocycles. The molecule has 0 aliphatic carbocycles. The Kier molecular flexibility index (Phi) is 3.15. The molecule has 4 N–H and O–H groups in total. The Balaban J connectivity index is 2.33. The van der Waals surface area contributed by atoms with Crippen molar-refractivity contribution in [2.75, 3.05) is 6.54 Å². The van der Waals surface area contributed by atoms with Gasteiger partial charge in [-0.25, -0.2) is 4.68 Å². The number of carbonyl (C=O) groups excluding carboxylic acids is 1. The van der Waals surface area contributed by atoms with Crippen LogP contribution in [0.15, 0.2) is 30.5 Å². The van der Waals surface area contributed by atoms with E-state index in [1.165, 1.54) is 0 Å². The zero-order valence-corrected chi connectivity index (χ0v) is 9.21. The molecule has 6 nitrogen and oxygen atoms in total. The fourth-order valence-corrected chi connectivity index (χ4v) is 1.56. The minimum atomic E-state index is -0.447. The highest BCUT2D eigenvalue weighted by atomic mass is 16.1. The number of primary amides is 1. The van der Waals surface area contributed by atoms with Crippen LogP contribution in [0.1, 0.15) is 16.1 Å². The van der Waals surface area contributed by atoms with Crippen molar-refractivity contribution >= 4 is 5.91 Å². The highest BCUT2D eigenvalue weighted by Crippen LogP contribution is 2.11. The predicted octanol–water partition coefficient (Wildman–Crippen LogP) is -0.133. The lowest BCUT2D eigenvalue weighted by atomic mass is 10.2. The topological polar surface area (TPSA) is 99.8 Å². The molecule has 0 bridgehead atoms. The Hall–Kier alpha value is -2.21. The van der Waals surface area contributed by atoms with E-state index in [2.05, 4.69) is 10.3 Å². The van der Waals surface area contributed by atoms with Gasteiger partial charge in [0.15, 0.2) is 0 Å². The van der Waals surface area contributed by atoms with Crippen LogP contribution >= 0.6 is 0 Å². The molecule has 0 aliphatic heterocycles. The van der Waals surface area contributed by atoms with E-state index in [9.17, 15) is 4.79 Å². The van der Waals surface area contributed by atoms with Gasteiger partial charge in [-0.05, 0) is 30.8 Å². The number of benzene rings is 1. The highest BCUT2D eigenvalue weighted by molar-refractivity contribution is 5.92. The van der Waals surface area contributed by atoms with Gasteiger partial charge in [0.1, 0.15) is 0 Å². The minimum Gasteiger partial charge on any atom is -0.366 e. The third kappa shape index (κ3) is 2.31. The fraction of sp³-hybridized carbons (Fsp3) is 0.182. The molecule has 1 aromatic heterocycles. The molecule has 88 valence electrons. The highest BCUT2D eigenvalue weighted by Gasteiger charge is 2.06. The Morgan fingerprint density at radius 2 is 2.00 bits per heavy atom. The van der Waals surface area contributed by atoms with Gasteiger partial charge in [-0.15, -0.1) is 5.10 Å². The van der Waals surface area contributed by atoms with E-state index >= 15 is 0 Å². The van der Waals surface area contributed by atoms with Crippen LogP contribution in [0.2, 0.25) is 0 Å². The molecule has 1 heterocycles. The van der Waals surface area contributed by atoms with Gasteiger partial charge >= 0.3 is 0 Å². The summed E-state index contributed by atoms with van der Waals surface area (Å²) in [4.78, 5) is 10.9. The minimum absolute atomic E-state index is 0.447.